The molecule has 0 fully saturated rings. The average Bonchev–Trinajstić information content (AvgIpc) is 2.87. The number of benzene rings is 1. The van der Waals surface area contributed by atoms with Crippen molar-refractivity contribution in [3.8, 4) is 11.5 Å². The molecule has 1 atom stereocenters. The highest BCUT2D eigenvalue weighted by atomic mass is 16.8. The maximum Gasteiger partial charge on any atom is 0.514 e. The Hall–Kier alpha value is -3.54. The second-order valence-corrected chi connectivity index (χ2v) is 11.3. The highest BCUT2D eigenvalue weighted by molar-refractivity contribution is 5.81. The van der Waals surface area contributed by atoms with E-state index in [0.717, 1.165) is 0 Å². The molecule has 12 nitrogen and oxygen atoms in total. The number of carbonyl (C=O) groups is 4. The van der Waals surface area contributed by atoms with Crippen LogP contribution in [0.3, 0.4) is 0 Å². The van der Waals surface area contributed by atoms with Gasteiger partial charge < -0.3 is 38.9 Å². The molecule has 41 heavy (non-hydrogen) atoms. The molecule has 1 aromatic carbocycles. The Bertz CT molecular complexity index is 1050. The van der Waals surface area contributed by atoms with Crippen molar-refractivity contribution >= 4 is 24.4 Å². The molecule has 0 saturated carbocycles. The predicted octanol–water partition coefficient (Wildman–Crippen LogP) is 5.71. The van der Waals surface area contributed by atoms with E-state index in [1.54, 1.807) is 27.7 Å². The molecule has 12 heteroatoms. The molecule has 0 unspecified atom stereocenters. The maximum absolute atomic E-state index is 12.6. The van der Waals surface area contributed by atoms with Crippen LogP contribution in [-0.2, 0) is 34.9 Å². The summed E-state index contributed by atoms with van der Waals surface area (Å²) in [6.07, 6.45) is -2.06. The van der Waals surface area contributed by atoms with Crippen LogP contribution in [0.25, 0.3) is 0 Å². The maximum atomic E-state index is 12.6. The van der Waals surface area contributed by atoms with Gasteiger partial charge in [-0.1, -0.05) is 33.8 Å². The number of rotatable bonds is 14. The van der Waals surface area contributed by atoms with Crippen molar-refractivity contribution in [2.24, 2.45) is 11.7 Å². The van der Waals surface area contributed by atoms with E-state index in [-0.39, 0.29) is 43.5 Å². The molecule has 1 aromatic rings. The Labute approximate surface area is 242 Å². The van der Waals surface area contributed by atoms with Crippen molar-refractivity contribution < 1.29 is 52.3 Å². The van der Waals surface area contributed by atoms with Crippen LogP contribution in [-0.4, -0.2) is 61.5 Å². The van der Waals surface area contributed by atoms with Gasteiger partial charge in [-0.15, -0.1) is 0 Å². The summed E-state index contributed by atoms with van der Waals surface area (Å²) in [6, 6.07) is 4.29. The number of ether oxygens (including phenoxy) is 7. The van der Waals surface area contributed by atoms with Crippen molar-refractivity contribution in [3.05, 3.63) is 23.8 Å². The van der Waals surface area contributed by atoms with Gasteiger partial charge in [0, 0.05) is 12.8 Å². The first-order valence-corrected chi connectivity index (χ1v) is 13.6. The number of hydrogen-bond acceptors (Lipinski definition) is 12. The fourth-order valence-electron chi connectivity index (χ4n) is 3.07. The van der Waals surface area contributed by atoms with Crippen molar-refractivity contribution in [2.45, 2.75) is 97.8 Å². The van der Waals surface area contributed by atoms with Gasteiger partial charge in [-0.05, 0) is 64.2 Å². The molecule has 0 saturated heterocycles. The van der Waals surface area contributed by atoms with E-state index in [1.807, 2.05) is 27.7 Å². The van der Waals surface area contributed by atoms with Gasteiger partial charge in [0.2, 0.25) is 0 Å². The summed E-state index contributed by atoms with van der Waals surface area (Å²) >= 11 is 0. The third kappa shape index (κ3) is 12.7. The summed E-state index contributed by atoms with van der Waals surface area (Å²) in [5, 5.41) is 0. The molecule has 232 valence electrons. The molecular formula is C29H45NO11. The zero-order valence-electron chi connectivity index (χ0n) is 25.6. The first kappa shape index (κ1) is 35.5. The lowest BCUT2D eigenvalue weighted by molar-refractivity contribution is -0.147. The Morgan fingerprint density at radius 3 is 1.85 bits per heavy atom. The van der Waals surface area contributed by atoms with E-state index >= 15 is 0 Å². The first-order chi connectivity index (χ1) is 19.0. The summed E-state index contributed by atoms with van der Waals surface area (Å²) in [4.78, 5) is 49.5. The average molecular weight is 584 g/mol. The molecule has 0 radical (unpaired) electrons. The quantitative estimate of drug-likeness (QED) is 0.162. The van der Waals surface area contributed by atoms with E-state index in [1.165, 1.54) is 25.3 Å². The van der Waals surface area contributed by atoms with Crippen LogP contribution in [0, 0.1) is 5.92 Å². The van der Waals surface area contributed by atoms with Gasteiger partial charge >= 0.3 is 24.4 Å². The zero-order chi connectivity index (χ0) is 31.4. The van der Waals surface area contributed by atoms with E-state index in [0.29, 0.717) is 18.4 Å². The van der Waals surface area contributed by atoms with Gasteiger partial charge in [0.15, 0.2) is 11.5 Å². The first-order valence-electron chi connectivity index (χ1n) is 13.6. The summed E-state index contributed by atoms with van der Waals surface area (Å²) in [7, 11) is 1.18. The minimum atomic E-state index is -1.62. The number of nitrogens with two attached hydrogens (primary N) is 1. The lowest BCUT2D eigenvalue weighted by atomic mass is 9.88. The van der Waals surface area contributed by atoms with Crippen LogP contribution in [0.4, 0.5) is 14.4 Å². The third-order valence-corrected chi connectivity index (χ3v) is 6.23. The third-order valence-electron chi connectivity index (χ3n) is 6.23. The number of methoxy groups -OCH3 is 1. The minimum absolute atomic E-state index is 0.101. The molecular weight excluding hydrogens is 538 g/mol. The van der Waals surface area contributed by atoms with E-state index < -0.39 is 41.2 Å². The fraction of sp³-hybridized carbons (Fsp3) is 0.655. The van der Waals surface area contributed by atoms with E-state index in [2.05, 4.69) is 0 Å². The van der Waals surface area contributed by atoms with Crippen molar-refractivity contribution in [2.75, 3.05) is 20.3 Å². The SMILES string of the molecule is CCC(C)(C)OC(=O)Oc1ccc(C[C@](N)(CCOC(=O)OCC(C)C)C(=O)OC)cc1OC(=O)OC(C)(C)CC. The highest BCUT2D eigenvalue weighted by Crippen LogP contribution is 2.32. The van der Waals surface area contributed by atoms with E-state index in [9.17, 15) is 19.2 Å². The fourth-order valence-corrected chi connectivity index (χ4v) is 3.07. The second-order valence-electron chi connectivity index (χ2n) is 11.3. The molecule has 0 spiro atoms. The number of hydrogen-bond donors (Lipinski definition) is 1. The van der Waals surface area contributed by atoms with Crippen LogP contribution < -0.4 is 15.2 Å². The monoisotopic (exact) mass is 583 g/mol. The molecule has 1 rings (SSSR count). The largest absolute Gasteiger partial charge is 0.514 e. The smallest absolute Gasteiger partial charge is 0.468 e. The molecule has 0 aliphatic heterocycles. The van der Waals surface area contributed by atoms with Crippen LogP contribution >= 0.6 is 0 Å². The van der Waals surface area contributed by atoms with Crippen LogP contribution in [0.5, 0.6) is 11.5 Å². The molecule has 0 heterocycles. The summed E-state index contributed by atoms with van der Waals surface area (Å²) in [5.41, 5.74) is 3.61. The molecule has 0 aliphatic carbocycles. The molecule has 0 amide bonds. The number of esters is 1. The molecule has 0 bridgehead atoms. The molecule has 0 aromatic heterocycles. The van der Waals surface area contributed by atoms with Gasteiger partial charge in [-0.2, -0.15) is 0 Å². The van der Waals surface area contributed by atoms with Gasteiger partial charge in [0.25, 0.3) is 0 Å². The normalized spacial score (nSPS) is 13.0. The molecule has 2 N–H and O–H groups in total. The van der Waals surface area contributed by atoms with Crippen molar-refractivity contribution in [1.29, 1.82) is 0 Å². The summed E-state index contributed by atoms with van der Waals surface area (Å²) in [5.74, 6) is -0.908. The van der Waals surface area contributed by atoms with Crippen molar-refractivity contribution in [3.63, 3.8) is 0 Å². The lowest BCUT2D eigenvalue weighted by Gasteiger charge is -2.27. The van der Waals surface area contributed by atoms with Gasteiger partial charge in [0.05, 0.1) is 20.3 Å². The Morgan fingerprint density at radius 2 is 1.37 bits per heavy atom. The Morgan fingerprint density at radius 1 is 0.829 bits per heavy atom. The van der Waals surface area contributed by atoms with Crippen molar-refractivity contribution in [1.82, 2.24) is 0 Å². The Balaban J connectivity index is 3.23. The lowest BCUT2D eigenvalue weighted by Crippen LogP contribution is -2.51. The highest BCUT2D eigenvalue weighted by Gasteiger charge is 2.36. The van der Waals surface area contributed by atoms with Crippen LogP contribution in [0.15, 0.2) is 18.2 Å². The zero-order valence-corrected chi connectivity index (χ0v) is 25.6. The van der Waals surface area contributed by atoms with Gasteiger partial charge in [-0.3, -0.25) is 4.79 Å². The Kier molecular flexibility index (Phi) is 13.4. The topological polar surface area (TPSA) is 159 Å². The van der Waals surface area contributed by atoms with Crippen LogP contribution in [0.2, 0.25) is 0 Å². The van der Waals surface area contributed by atoms with Gasteiger partial charge in [-0.25, -0.2) is 14.4 Å². The number of carbonyl (C=O) groups excluding carboxylic acids is 4. The van der Waals surface area contributed by atoms with Crippen LogP contribution in [0.1, 0.15) is 80.2 Å². The second kappa shape index (κ2) is 15.5. The van der Waals surface area contributed by atoms with Gasteiger partial charge in [0.1, 0.15) is 16.7 Å². The minimum Gasteiger partial charge on any atom is -0.468 e. The standard InChI is InChI=1S/C29H45NO11/c1-10-27(5,6)40-25(33)38-21-13-12-20(16-22(21)39-26(34)41-28(7,8)11-2)17-29(30,23(31)35-9)14-15-36-24(32)37-18-19(3)4/h12-13,16,19H,10-11,14-15,17-18,30H2,1-9H3/t29-/m1/s1. The summed E-state index contributed by atoms with van der Waals surface area (Å²) < 4.78 is 36.4. The van der Waals surface area contributed by atoms with E-state index in [4.69, 9.17) is 38.9 Å². The summed E-state index contributed by atoms with van der Waals surface area (Å²) in [6.45, 7) is 14.3. The molecule has 0 aliphatic rings. The predicted molar refractivity (Wildman–Crippen MR) is 149 cm³/mol.